The number of sulfonamides is 1. The molecule has 0 spiro atoms. The van der Waals surface area contributed by atoms with E-state index in [2.05, 4.69) is 9.82 Å². The van der Waals surface area contributed by atoms with E-state index in [0.717, 1.165) is 5.56 Å². The molecule has 0 atom stereocenters. The zero-order valence-electron chi connectivity index (χ0n) is 11.6. The van der Waals surface area contributed by atoms with Crippen LogP contribution in [0.4, 0.5) is 5.69 Å². The third-order valence-corrected chi connectivity index (χ3v) is 4.05. The van der Waals surface area contributed by atoms with E-state index in [-0.39, 0.29) is 5.75 Å². The molecular formula is C13H17N3O3S. The fraction of sp³-hybridized carbons (Fsp3) is 0.308. The maximum absolute atomic E-state index is 12.2. The number of aromatic nitrogens is 2. The Kier molecular flexibility index (Phi) is 3.99. The molecule has 108 valence electrons. The van der Waals surface area contributed by atoms with Gasteiger partial charge in [-0.2, -0.15) is 5.10 Å². The molecule has 0 unspecified atom stereocenters. The number of aryl methyl sites for hydroxylation is 2. The molecule has 0 amide bonds. The quantitative estimate of drug-likeness (QED) is 0.911. The summed E-state index contributed by atoms with van der Waals surface area (Å²) in [5.41, 5.74) is 1.67. The average molecular weight is 295 g/mol. The summed E-state index contributed by atoms with van der Waals surface area (Å²) in [4.78, 5) is 0. The Labute approximate surface area is 118 Å². The fourth-order valence-electron chi connectivity index (χ4n) is 1.97. The summed E-state index contributed by atoms with van der Waals surface area (Å²) < 4.78 is 33.6. The summed E-state index contributed by atoms with van der Waals surface area (Å²) in [6.45, 7) is 1.73. The highest BCUT2D eigenvalue weighted by molar-refractivity contribution is 7.91. The minimum absolute atomic E-state index is 0.0919. The Morgan fingerprint density at radius 2 is 1.95 bits per heavy atom. The van der Waals surface area contributed by atoms with Crippen molar-refractivity contribution in [2.45, 2.75) is 12.7 Å². The molecule has 0 fully saturated rings. The Hall–Kier alpha value is -2.02. The monoisotopic (exact) mass is 295 g/mol. The van der Waals surface area contributed by atoms with Crippen LogP contribution in [0.2, 0.25) is 0 Å². The van der Waals surface area contributed by atoms with E-state index in [1.54, 1.807) is 38.2 Å². The summed E-state index contributed by atoms with van der Waals surface area (Å²) in [5, 5.41) is 4.14. The SMILES string of the molecule is COc1c(NS(=O)(=O)Cc2ccccc2)c(C)nn1C. The third-order valence-electron chi connectivity index (χ3n) is 2.82. The van der Waals surface area contributed by atoms with Gasteiger partial charge in [0.2, 0.25) is 15.9 Å². The standard InChI is InChI=1S/C13H17N3O3S/c1-10-12(13(19-3)16(2)14-10)15-20(17,18)9-11-7-5-4-6-8-11/h4-8,15H,9H2,1-3H3. The molecule has 0 aliphatic heterocycles. The lowest BCUT2D eigenvalue weighted by molar-refractivity contribution is 0.375. The molecule has 1 aromatic heterocycles. The molecule has 2 aromatic rings. The first-order valence-corrected chi connectivity index (χ1v) is 7.70. The van der Waals surface area contributed by atoms with Gasteiger partial charge < -0.3 is 4.74 Å². The molecule has 0 saturated carbocycles. The topological polar surface area (TPSA) is 73.2 Å². The Balaban J connectivity index is 2.25. The molecule has 7 heteroatoms. The van der Waals surface area contributed by atoms with Crippen molar-refractivity contribution in [3.63, 3.8) is 0 Å². The Morgan fingerprint density at radius 3 is 2.55 bits per heavy atom. The predicted molar refractivity (Wildman–Crippen MR) is 77.2 cm³/mol. The van der Waals surface area contributed by atoms with Gasteiger partial charge in [-0.3, -0.25) is 4.72 Å². The number of hydrogen-bond acceptors (Lipinski definition) is 4. The van der Waals surface area contributed by atoms with Crippen molar-refractivity contribution in [3.05, 3.63) is 41.6 Å². The summed E-state index contributed by atoms with van der Waals surface area (Å²) >= 11 is 0. The van der Waals surface area contributed by atoms with E-state index in [0.29, 0.717) is 17.3 Å². The molecule has 0 bridgehead atoms. The average Bonchev–Trinajstić information content (AvgIpc) is 2.63. The molecular weight excluding hydrogens is 278 g/mol. The van der Waals surface area contributed by atoms with Gasteiger partial charge in [0.05, 0.1) is 18.6 Å². The second kappa shape index (κ2) is 5.54. The zero-order valence-corrected chi connectivity index (χ0v) is 12.4. The molecule has 1 N–H and O–H groups in total. The molecule has 1 aromatic carbocycles. The highest BCUT2D eigenvalue weighted by Gasteiger charge is 2.20. The van der Waals surface area contributed by atoms with E-state index in [4.69, 9.17) is 4.74 Å². The van der Waals surface area contributed by atoms with Gasteiger partial charge in [-0.05, 0) is 12.5 Å². The second-order valence-electron chi connectivity index (χ2n) is 4.44. The molecule has 1 heterocycles. The van der Waals surface area contributed by atoms with Crippen LogP contribution in [0.1, 0.15) is 11.3 Å². The molecule has 2 rings (SSSR count). The van der Waals surface area contributed by atoms with Crippen LogP contribution in [0.5, 0.6) is 5.88 Å². The van der Waals surface area contributed by atoms with Gasteiger partial charge >= 0.3 is 0 Å². The van der Waals surface area contributed by atoms with Crippen LogP contribution in [0.15, 0.2) is 30.3 Å². The number of methoxy groups -OCH3 is 1. The molecule has 6 nitrogen and oxygen atoms in total. The lowest BCUT2D eigenvalue weighted by Crippen LogP contribution is -2.16. The molecule has 0 radical (unpaired) electrons. The van der Waals surface area contributed by atoms with E-state index in [9.17, 15) is 8.42 Å². The Bertz CT molecular complexity index is 693. The normalized spacial score (nSPS) is 11.3. The minimum Gasteiger partial charge on any atom is -0.480 e. The van der Waals surface area contributed by atoms with Crippen LogP contribution in [0.3, 0.4) is 0 Å². The number of benzene rings is 1. The fourth-order valence-corrected chi connectivity index (χ4v) is 3.22. The van der Waals surface area contributed by atoms with Crippen molar-refractivity contribution in [2.75, 3.05) is 11.8 Å². The number of ether oxygens (including phenoxy) is 1. The summed E-state index contributed by atoms with van der Waals surface area (Å²) in [6.07, 6.45) is 0. The van der Waals surface area contributed by atoms with E-state index in [1.165, 1.54) is 11.8 Å². The Morgan fingerprint density at radius 1 is 1.30 bits per heavy atom. The van der Waals surface area contributed by atoms with Crippen LogP contribution in [-0.2, 0) is 22.8 Å². The molecule has 20 heavy (non-hydrogen) atoms. The van der Waals surface area contributed by atoms with E-state index < -0.39 is 10.0 Å². The first-order chi connectivity index (χ1) is 9.43. The van der Waals surface area contributed by atoms with Crippen LogP contribution in [0.25, 0.3) is 0 Å². The number of anilines is 1. The van der Waals surface area contributed by atoms with Crippen molar-refractivity contribution >= 4 is 15.7 Å². The van der Waals surface area contributed by atoms with E-state index >= 15 is 0 Å². The largest absolute Gasteiger partial charge is 0.480 e. The second-order valence-corrected chi connectivity index (χ2v) is 6.16. The maximum Gasteiger partial charge on any atom is 0.237 e. The van der Waals surface area contributed by atoms with Crippen LogP contribution in [0, 0.1) is 6.92 Å². The summed E-state index contributed by atoms with van der Waals surface area (Å²) in [7, 11) is -0.340. The number of hydrogen-bond donors (Lipinski definition) is 1. The smallest absolute Gasteiger partial charge is 0.237 e. The van der Waals surface area contributed by atoms with Crippen molar-refractivity contribution < 1.29 is 13.2 Å². The highest BCUT2D eigenvalue weighted by Crippen LogP contribution is 2.28. The lowest BCUT2D eigenvalue weighted by atomic mass is 10.2. The predicted octanol–water partition coefficient (Wildman–Crippen LogP) is 1.68. The van der Waals surface area contributed by atoms with Crippen LogP contribution >= 0.6 is 0 Å². The molecule has 0 saturated heterocycles. The van der Waals surface area contributed by atoms with Gasteiger partial charge in [0.25, 0.3) is 0 Å². The first kappa shape index (κ1) is 14.4. The van der Waals surface area contributed by atoms with Crippen molar-refractivity contribution in [1.29, 1.82) is 0 Å². The van der Waals surface area contributed by atoms with Crippen molar-refractivity contribution in [3.8, 4) is 5.88 Å². The maximum atomic E-state index is 12.2. The highest BCUT2D eigenvalue weighted by atomic mass is 32.2. The van der Waals surface area contributed by atoms with Crippen LogP contribution < -0.4 is 9.46 Å². The molecule has 0 aliphatic carbocycles. The minimum atomic E-state index is -3.51. The molecule has 0 aliphatic rings. The third kappa shape index (κ3) is 3.11. The first-order valence-electron chi connectivity index (χ1n) is 6.05. The van der Waals surface area contributed by atoms with Gasteiger partial charge in [0.15, 0.2) is 0 Å². The van der Waals surface area contributed by atoms with Gasteiger partial charge in [-0.25, -0.2) is 13.1 Å². The summed E-state index contributed by atoms with van der Waals surface area (Å²) in [6, 6.07) is 9.00. The van der Waals surface area contributed by atoms with Gasteiger partial charge in [-0.15, -0.1) is 0 Å². The lowest BCUT2D eigenvalue weighted by Gasteiger charge is -2.09. The van der Waals surface area contributed by atoms with Crippen LogP contribution in [-0.4, -0.2) is 25.3 Å². The number of rotatable bonds is 5. The number of nitrogens with zero attached hydrogens (tertiary/aromatic N) is 2. The number of nitrogens with one attached hydrogen (secondary N) is 1. The van der Waals surface area contributed by atoms with Crippen molar-refractivity contribution in [2.24, 2.45) is 7.05 Å². The summed E-state index contributed by atoms with van der Waals surface area (Å²) in [5.74, 6) is 0.296. The van der Waals surface area contributed by atoms with Gasteiger partial charge in [0, 0.05) is 7.05 Å². The van der Waals surface area contributed by atoms with Gasteiger partial charge in [0.1, 0.15) is 5.69 Å². The zero-order chi connectivity index (χ0) is 14.8. The van der Waals surface area contributed by atoms with Crippen molar-refractivity contribution in [1.82, 2.24) is 9.78 Å². The van der Waals surface area contributed by atoms with Gasteiger partial charge in [-0.1, -0.05) is 30.3 Å². The van der Waals surface area contributed by atoms with E-state index in [1.807, 2.05) is 6.07 Å².